The van der Waals surface area contributed by atoms with Gasteiger partial charge < -0.3 is 0 Å². The van der Waals surface area contributed by atoms with Crippen molar-refractivity contribution in [2.75, 3.05) is 5.33 Å². The fraction of sp³-hybridized carbons (Fsp3) is 0.250. The Morgan fingerprint density at radius 2 is 2.15 bits per heavy atom. The molecule has 70 valence electrons. The SMILES string of the molecule is O=[N+]([O-])c1cc(Br)ccc1CCBr. The van der Waals surface area contributed by atoms with E-state index in [1.807, 2.05) is 6.07 Å². The molecule has 0 aliphatic rings. The second kappa shape index (κ2) is 4.72. The van der Waals surface area contributed by atoms with Gasteiger partial charge in [0.05, 0.1) is 4.92 Å². The van der Waals surface area contributed by atoms with E-state index >= 15 is 0 Å². The van der Waals surface area contributed by atoms with Crippen molar-refractivity contribution in [3.05, 3.63) is 38.3 Å². The number of nitrogens with zero attached hydrogens (tertiary/aromatic N) is 1. The number of benzene rings is 1. The zero-order valence-corrected chi connectivity index (χ0v) is 9.84. The third-order valence-electron chi connectivity index (χ3n) is 1.61. The Balaban J connectivity index is 3.10. The van der Waals surface area contributed by atoms with Crippen LogP contribution in [-0.2, 0) is 6.42 Å². The molecule has 1 aromatic carbocycles. The number of halogens is 2. The molecule has 3 nitrogen and oxygen atoms in total. The van der Waals surface area contributed by atoms with E-state index < -0.39 is 0 Å². The van der Waals surface area contributed by atoms with Crippen LogP contribution in [0, 0.1) is 10.1 Å². The maximum absolute atomic E-state index is 10.6. The monoisotopic (exact) mass is 307 g/mol. The Morgan fingerprint density at radius 1 is 1.46 bits per heavy atom. The van der Waals surface area contributed by atoms with E-state index in [9.17, 15) is 10.1 Å². The Morgan fingerprint density at radius 3 is 2.69 bits per heavy atom. The first-order chi connectivity index (χ1) is 6.15. The lowest BCUT2D eigenvalue weighted by atomic mass is 10.1. The van der Waals surface area contributed by atoms with Crippen LogP contribution in [0.3, 0.4) is 0 Å². The van der Waals surface area contributed by atoms with Crippen molar-refractivity contribution in [2.24, 2.45) is 0 Å². The van der Waals surface area contributed by atoms with E-state index in [2.05, 4.69) is 31.9 Å². The van der Waals surface area contributed by atoms with Crippen molar-refractivity contribution in [1.29, 1.82) is 0 Å². The molecule has 0 N–H and O–H groups in total. The largest absolute Gasteiger partial charge is 0.273 e. The Kier molecular flexibility index (Phi) is 3.87. The summed E-state index contributed by atoms with van der Waals surface area (Å²) in [6, 6.07) is 5.10. The van der Waals surface area contributed by atoms with E-state index in [0.717, 1.165) is 15.4 Å². The number of hydrogen-bond donors (Lipinski definition) is 0. The predicted octanol–water partition coefficient (Wildman–Crippen LogP) is 3.29. The van der Waals surface area contributed by atoms with Crippen LogP contribution in [0.2, 0.25) is 0 Å². The summed E-state index contributed by atoms with van der Waals surface area (Å²) in [5.74, 6) is 0. The lowest BCUT2D eigenvalue weighted by Crippen LogP contribution is -1.95. The number of hydrogen-bond acceptors (Lipinski definition) is 2. The lowest BCUT2D eigenvalue weighted by Gasteiger charge is -2.00. The van der Waals surface area contributed by atoms with Crippen LogP contribution in [0.1, 0.15) is 5.56 Å². The van der Waals surface area contributed by atoms with Crippen molar-refractivity contribution in [2.45, 2.75) is 6.42 Å². The molecule has 0 bridgehead atoms. The average Bonchev–Trinajstić information content (AvgIpc) is 2.08. The third-order valence-corrected chi connectivity index (χ3v) is 2.50. The van der Waals surface area contributed by atoms with Crippen molar-refractivity contribution >= 4 is 37.5 Å². The normalized spacial score (nSPS) is 10.0. The molecule has 0 saturated carbocycles. The first-order valence-corrected chi connectivity index (χ1v) is 5.55. The van der Waals surface area contributed by atoms with E-state index in [4.69, 9.17) is 0 Å². The van der Waals surface area contributed by atoms with E-state index in [-0.39, 0.29) is 10.6 Å². The molecule has 1 rings (SSSR count). The van der Waals surface area contributed by atoms with Gasteiger partial charge in [-0.15, -0.1) is 0 Å². The fourth-order valence-electron chi connectivity index (χ4n) is 1.02. The van der Waals surface area contributed by atoms with Gasteiger partial charge in [-0.05, 0) is 12.5 Å². The molecule has 5 heteroatoms. The first-order valence-electron chi connectivity index (χ1n) is 3.64. The summed E-state index contributed by atoms with van der Waals surface area (Å²) >= 11 is 6.45. The second-order valence-electron chi connectivity index (χ2n) is 2.47. The highest BCUT2D eigenvalue weighted by atomic mass is 79.9. The van der Waals surface area contributed by atoms with E-state index in [0.29, 0.717) is 6.42 Å². The Bertz CT molecular complexity index is 328. The van der Waals surface area contributed by atoms with Crippen LogP contribution < -0.4 is 0 Å². The highest BCUT2D eigenvalue weighted by Crippen LogP contribution is 2.24. The van der Waals surface area contributed by atoms with Crippen molar-refractivity contribution < 1.29 is 4.92 Å². The van der Waals surface area contributed by atoms with Gasteiger partial charge in [-0.25, -0.2) is 0 Å². The van der Waals surface area contributed by atoms with E-state index in [1.165, 1.54) is 6.07 Å². The van der Waals surface area contributed by atoms with Gasteiger partial charge in [-0.2, -0.15) is 0 Å². The van der Waals surface area contributed by atoms with Crippen molar-refractivity contribution in [3.63, 3.8) is 0 Å². The summed E-state index contributed by atoms with van der Waals surface area (Å²) in [6.45, 7) is 0. The molecule has 0 saturated heterocycles. The molecule has 0 amide bonds. The minimum atomic E-state index is -0.358. The molecule has 0 aliphatic heterocycles. The maximum atomic E-state index is 10.6. The molecule has 0 fully saturated rings. The summed E-state index contributed by atoms with van der Waals surface area (Å²) in [7, 11) is 0. The van der Waals surface area contributed by atoms with Gasteiger partial charge in [-0.3, -0.25) is 10.1 Å². The number of nitro groups is 1. The molecule has 1 aromatic rings. The van der Waals surface area contributed by atoms with Gasteiger partial charge >= 0.3 is 0 Å². The van der Waals surface area contributed by atoms with Crippen LogP contribution in [-0.4, -0.2) is 10.3 Å². The van der Waals surface area contributed by atoms with Crippen LogP contribution in [0.4, 0.5) is 5.69 Å². The minimum Gasteiger partial charge on any atom is -0.258 e. The highest BCUT2D eigenvalue weighted by molar-refractivity contribution is 9.10. The number of alkyl halides is 1. The fourth-order valence-corrected chi connectivity index (χ4v) is 1.80. The molecule has 0 atom stereocenters. The topological polar surface area (TPSA) is 43.1 Å². The first kappa shape index (κ1) is 10.7. The maximum Gasteiger partial charge on any atom is 0.273 e. The molecular formula is C8H7Br2NO2. The molecular weight excluding hydrogens is 302 g/mol. The summed E-state index contributed by atoms with van der Waals surface area (Å²) in [5.41, 5.74) is 0.930. The van der Waals surface area contributed by atoms with Crippen LogP contribution in [0.15, 0.2) is 22.7 Å². The Labute approximate surface area is 92.5 Å². The molecule has 0 unspecified atom stereocenters. The standard InChI is InChI=1S/C8H7Br2NO2/c9-4-3-6-1-2-7(10)5-8(6)11(12)13/h1-2,5H,3-4H2. The molecule has 0 aromatic heterocycles. The Hall–Kier alpha value is -0.420. The molecule has 0 aliphatic carbocycles. The second-order valence-corrected chi connectivity index (χ2v) is 4.18. The molecule has 0 heterocycles. The zero-order chi connectivity index (χ0) is 9.84. The molecule has 0 radical (unpaired) electrons. The van der Waals surface area contributed by atoms with Crippen molar-refractivity contribution in [3.8, 4) is 0 Å². The van der Waals surface area contributed by atoms with Gasteiger partial charge in [-0.1, -0.05) is 37.9 Å². The summed E-state index contributed by atoms with van der Waals surface area (Å²) in [5, 5.41) is 11.3. The van der Waals surface area contributed by atoms with Gasteiger partial charge in [0.25, 0.3) is 5.69 Å². The van der Waals surface area contributed by atoms with Gasteiger partial charge in [0.2, 0.25) is 0 Å². The van der Waals surface area contributed by atoms with Crippen LogP contribution in [0.5, 0.6) is 0 Å². The van der Waals surface area contributed by atoms with Crippen LogP contribution in [0.25, 0.3) is 0 Å². The quantitative estimate of drug-likeness (QED) is 0.488. The number of aryl methyl sites for hydroxylation is 1. The zero-order valence-electron chi connectivity index (χ0n) is 6.67. The third kappa shape index (κ3) is 2.77. The van der Waals surface area contributed by atoms with Gasteiger partial charge in [0.15, 0.2) is 0 Å². The number of nitro benzene ring substituents is 1. The van der Waals surface area contributed by atoms with Crippen molar-refractivity contribution in [1.82, 2.24) is 0 Å². The number of rotatable bonds is 3. The molecule has 0 spiro atoms. The summed E-state index contributed by atoms with van der Waals surface area (Å²) in [4.78, 5) is 10.3. The van der Waals surface area contributed by atoms with E-state index in [1.54, 1.807) is 6.07 Å². The smallest absolute Gasteiger partial charge is 0.258 e. The predicted molar refractivity (Wildman–Crippen MR) is 58.3 cm³/mol. The minimum absolute atomic E-state index is 0.175. The van der Waals surface area contributed by atoms with Gasteiger partial charge in [0, 0.05) is 21.4 Å². The molecule has 13 heavy (non-hydrogen) atoms. The summed E-state index contributed by atoms with van der Waals surface area (Å²) in [6.07, 6.45) is 0.670. The summed E-state index contributed by atoms with van der Waals surface area (Å²) < 4.78 is 0.734. The van der Waals surface area contributed by atoms with Gasteiger partial charge in [0.1, 0.15) is 0 Å². The van der Waals surface area contributed by atoms with Crippen LogP contribution >= 0.6 is 31.9 Å². The highest BCUT2D eigenvalue weighted by Gasteiger charge is 2.12. The average molecular weight is 309 g/mol. The lowest BCUT2D eigenvalue weighted by molar-refractivity contribution is -0.385.